The molecule has 0 radical (unpaired) electrons. The van der Waals surface area contributed by atoms with Crippen LogP contribution in [0.2, 0.25) is 0 Å². The van der Waals surface area contributed by atoms with Crippen molar-refractivity contribution in [3.63, 3.8) is 0 Å². The first-order valence-corrected chi connectivity index (χ1v) is 11.5. The quantitative estimate of drug-likeness (QED) is 0.436. The zero-order chi connectivity index (χ0) is 22.1. The van der Waals surface area contributed by atoms with Gasteiger partial charge in [0.05, 0.1) is 29.4 Å². The van der Waals surface area contributed by atoms with Crippen molar-refractivity contribution in [1.82, 2.24) is 14.3 Å². The second kappa shape index (κ2) is 8.89. The Balaban J connectivity index is 1.50. The van der Waals surface area contributed by atoms with Gasteiger partial charge in [-0.3, -0.25) is 18.9 Å². The summed E-state index contributed by atoms with van der Waals surface area (Å²) >= 11 is 6.57. The summed E-state index contributed by atoms with van der Waals surface area (Å²) < 4.78 is 12.9. The molecule has 5 heterocycles. The fraction of sp³-hybridized carbons (Fsp3) is 0.273. The predicted molar refractivity (Wildman–Crippen MR) is 126 cm³/mol. The average Bonchev–Trinajstić information content (AvgIpc) is 3.55. The van der Waals surface area contributed by atoms with Gasteiger partial charge in [-0.2, -0.15) is 0 Å². The number of thioether (sulfide) groups is 1. The van der Waals surface area contributed by atoms with E-state index in [-0.39, 0.29) is 24.1 Å². The number of amides is 1. The van der Waals surface area contributed by atoms with Crippen LogP contribution < -0.4 is 10.9 Å². The van der Waals surface area contributed by atoms with Gasteiger partial charge in [-0.1, -0.05) is 30.0 Å². The van der Waals surface area contributed by atoms with E-state index in [2.05, 4.69) is 10.3 Å². The van der Waals surface area contributed by atoms with Gasteiger partial charge in [0, 0.05) is 19.3 Å². The predicted octanol–water partition coefficient (Wildman–Crippen LogP) is 3.28. The number of ether oxygens (including phenoxy) is 1. The summed E-state index contributed by atoms with van der Waals surface area (Å²) in [5.74, 6) is 0.793. The van der Waals surface area contributed by atoms with Crippen molar-refractivity contribution in [3.05, 3.63) is 69.4 Å². The van der Waals surface area contributed by atoms with Crippen LogP contribution in [0.15, 0.2) is 56.9 Å². The minimum atomic E-state index is -0.265. The molecule has 10 heteroatoms. The number of nitrogens with one attached hydrogen (secondary N) is 1. The number of thiocarbonyl (C=S) groups is 1. The SMILES string of the molecule is O=C1C(=Cc2c(NCC3CCCO3)nc3ccccn3c2=O)SC(=S)N1Cc1ccco1. The molecule has 2 aliphatic rings. The smallest absolute Gasteiger partial charge is 0.267 e. The number of rotatable bonds is 6. The van der Waals surface area contributed by atoms with Gasteiger partial charge < -0.3 is 14.5 Å². The van der Waals surface area contributed by atoms with Crippen LogP contribution in [-0.2, 0) is 16.1 Å². The van der Waals surface area contributed by atoms with Gasteiger partial charge in [0.15, 0.2) is 0 Å². The number of hydrogen-bond acceptors (Lipinski definition) is 8. The van der Waals surface area contributed by atoms with Gasteiger partial charge in [-0.25, -0.2) is 4.98 Å². The Morgan fingerprint density at radius 3 is 2.97 bits per heavy atom. The first kappa shape index (κ1) is 20.9. The van der Waals surface area contributed by atoms with E-state index in [1.165, 1.54) is 9.30 Å². The maximum absolute atomic E-state index is 13.3. The van der Waals surface area contributed by atoms with Crippen molar-refractivity contribution in [2.75, 3.05) is 18.5 Å². The Morgan fingerprint density at radius 1 is 1.28 bits per heavy atom. The number of furan rings is 1. The molecular weight excluding hydrogens is 448 g/mol. The highest BCUT2D eigenvalue weighted by Gasteiger charge is 2.33. The molecule has 2 aliphatic heterocycles. The molecule has 3 aromatic rings. The molecule has 1 amide bonds. The Hall–Kier alpha value is -2.95. The van der Waals surface area contributed by atoms with E-state index >= 15 is 0 Å². The molecule has 2 fully saturated rings. The third-order valence-corrected chi connectivity index (χ3v) is 6.71. The molecule has 1 atom stereocenters. The number of carbonyl (C=O) groups is 1. The summed E-state index contributed by atoms with van der Waals surface area (Å²) in [5, 5.41) is 3.26. The molecular formula is C22H20N4O4S2. The van der Waals surface area contributed by atoms with E-state index in [4.69, 9.17) is 21.4 Å². The lowest BCUT2D eigenvalue weighted by atomic mass is 10.2. The van der Waals surface area contributed by atoms with Crippen LogP contribution in [0.25, 0.3) is 11.7 Å². The second-order valence-electron chi connectivity index (χ2n) is 7.47. The van der Waals surface area contributed by atoms with Crippen LogP contribution in [0.1, 0.15) is 24.2 Å². The summed E-state index contributed by atoms with van der Waals surface area (Å²) in [7, 11) is 0. The van der Waals surface area contributed by atoms with Crippen LogP contribution >= 0.6 is 24.0 Å². The Labute approximate surface area is 193 Å². The van der Waals surface area contributed by atoms with Crippen molar-refractivity contribution in [2.45, 2.75) is 25.5 Å². The first-order valence-electron chi connectivity index (χ1n) is 10.2. The highest BCUT2D eigenvalue weighted by Crippen LogP contribution is 2.34. The molecule has 5 rings (SSSR count). The Kier molecular flexibility index (Phi) is 5.81. The van der Waals surface area contributed by atoms with Crippen LogP contribution in [-0.4, -0.2) is 43.8 Å². The lowest BCUT2D eigenvalue weighted by molar-refractivity contribution is -0.122. The third-order valence-electron chi connectivity index (χ3n) is 5.33. The number of anilines is 1. The lowest BCUT2D eigenvalue weighted by Gasteiger charge is -2.14. The highest BCUT2D eigenvalue weighted by molar-refractivity contribution is 8.26. The van der Waals surface area contributed by atoms with Crippen molar-refractivity contribution in [1.29, 1.82) is 0 Å². The number of hydrogen-bond donors (Lipinski definition) is 1. The van der Waals surface area contributed by atoms with Gasteiger partial charge >= 0.3 is 0 Å². The first-order chi connectivity index (χ1) is 15.6. The van der Waals surface area contributed by atoms with Gasteiger partial charge in [-0.15, -0.1) is 0 Å². The Morgan fingerprint density at radius 2 is 2.19 bits per heavy atom. The summed E-state index contributed by atoms with van der Waals surface area (Å²) in [6.45, 7) is 1.52. The summed E-state index contributed by atoms with van der Waals surface area (Å²) in [6, 6.07) is 8.91. The molecule has 1 unspecified atom stereocenters. The zero-order valence-electron chi connectivity index (χ0n) is 17.0. The normalized spacial score (nSPS) is 20.1. The van der Waals surface area contributed by atoms with Crippen molar-refractivity contribution in [2.24, 2.45) is 0 Å². The van der Waals surface area contributed by atoms with Gasteiger partial charge in [-0.05, 0) is 43.2 Å². The fourth-order valence-electron chi connectivity index (χ4n) is 3.71. The monoisotopic (exact) mass is 468 g/mol. The average molecular weight is 469 g/mol. The van der Waals surface area contributed by atoms with Crippen molar-refractivity contribution >= 4 is 51.7 Å². The summed E-state index contributed by atoms with van der Waals surface area (Å²) in [5.41, 5.74) is 0.571. The lowest BCUT2D eigenvalue weighted by Crippen LogP contribution is -2.27. The topological polar surface area (TPSA) is 89.1 Å². The molecule has 8 nitrogen and oxygen atoms in total. The van der Waals surface area contributed by atoms with Crippen LogP contribution in [0, 0.1) is 0 Å². The van der Waals surface area contributed by atoms with Crippen LogP contribution in [0.3, 0.4) is 0 Å². The number of carbonyl (C=O) groups excluding carboxylic acids is 1. The highest BCUT2D eigenvalue weighted by atomic mass is 32.2. The van der Waals surface area contributed by atoms with Gasteiger partial charge in [0.25, 0.3) is 11.5 Å². The molecule has 0 aromatic carbocycles. The third kappa shape index (κ3) is 4.08. The van der Waals surface area contributed by atoms with E-state index in [9.17, 15) is 9.59 Å². The second-order valence-corrected chi connectivity index (χ2v) is 9.15. The molecule has 164 valence electrons. The number of pyridine rings is 1. The standard InChI is InChI=1S/C22H20N4O4S2/c27-20-16(11-17-21(28)26(22(31)32-17)13-15-6-4-10-30-15)19(23-12-14-5-3-9-29-14)24-18-7-1-2-8-25(18)20/h1-2,4,6-8,10-11,14,23H,3,5,9,12-13H2. The van der Waals surface area contributed by atoms with E-state index in [1.54, 1.807) is 42.8 Å². The minimum absolute atomic E-state index is 0.0744. The molecule has 3 aromatic heterocycles. The van der Waals surface area contributed by atoms with Gasteiger partial charge in [0.1, 0.15) is 21.5 Å². The summed E-state index contributed by atoms with van der Waals surface area (Å²) in [4.78, 5) is 32.8. The molecule has 2 saturated heterocycles. The van der Waals surface area contributed by atoms with Crippen molar-refractivity contribution in [3.8, 4) is 0 Å². The van der Waals surface area contributed by atoms with Crippen molar-refractivity contribution < 1.29 is 13.9 Å². The molecule has 0 spiro atoms. The molecule has 32 heavy (non-hydrogen) atoms. The number of nitrogens with zero attached hydrogens (tertiary/aromatic N) is 3. The van der Waals surface area contributed by atoms with E-state index in [1.807, 2.05) is 6.07 Å². The van der Waals surface area contributed by atoms with Gasteiger partial charge in [0.2, 0.25) is 0 Å². The van der Waals surface area contributed by atoms with Crippen LogP contribution in [0.4, 0.5) is 5.82 Å². The zero-order valence-corrected chi connectivity index (χ0v) is 18.7. The molecule has 1 N–H and O–H groups in total. The number of aromatic nitrogens is 2. The number of fused-ring (bicyclic) bond motifs is 1. The van der Waals surface area contributed by atoms with Crippen LogP contribution in [0.5, 0.6) is 0 Å². The molecule has 0 aliphatic carbocycles. The largest absolute Gasteiger partial charge is 0.467 e. The molecule has 0 saturated carbocycles. The van der Waals surface area contributed by atoms with E-state index in [0.29, 0.717) is 38.6 Å². The fourth-order valence-corrected chi connectivity index (χ4v) is 4.95. The maximum atomic E-state index is 13.3. The maximum Gasteiger partial charge on any atom is 0.267 e. The van der Waals surface area contributed by atoms with E-state index in [0.717, 1.165) is 31.2 Å². The molecule has 0 bridgehead atoms. The summed E-state index contributed by atoms with van der Waals surface area (Å²) in [6.07, 6.45) is 6.84. The van der Waals surface area contributed by atoms with E-state index < -0.39 is 0 Å². The minimum Gasteiger partial charge on any atom is -0.467 e. The Bertz CT molecular complexity index is 1260.